The van der Waals surface area contributed by atoms with E-state index < -0.39 is 5.97 Å². The van der Waals surface area contributed by atoms with Gasteiger partial charge in [0.15, 0.2) is 0 Å². The Morgan fingerprint density at radius 1 is 1.18 bits per heavy atom. The highest BCUT2D eigenvalue weighted by Crippen LogP contribution is 2.31. The molecule has 2 aromatic heterocycles. The molecule has 1 fully saturated rings. The van der Waals surface area contributed by atoms with Crippen molar-refractivity contribution in [3.8, 4) is 0 Å². The molecule has 7 nitrogen and oxygen atoms in total. The van der Waals surface area contributed by atoms with E-state index in [0.717, 1.165) is 41.7 Å². The molecule has 0 bridgehead atoms. The number of amides is 1. The fourth-order valence-corrected chi connectivity index (χ4v) is 5.33. The lowest BCUT2D eigenvalue weighted by Gasteiger charge is -2.32. The third-order valence-corrected chi connectivity index (χ3v) is 7.09. The van der Waals surface area contributed by atoms with Gasteiger partial charge in [-0.05, 0) is 61.2 Å². The summed E-state index contributed by atoms with van der Waals surface area (Å²) in [5, 5.41) is 10.4. The second kappa shape index (κ2) is 9.54. The van der Waals surface area contributed by atoms with Gasteiger partial charge in [0.25, 0.3) is 0 Å². The van der Waals surface area contributed by atoms with E-state index in [1.807, 2.05) is 17.0 Å². The van der Waals surface area contributed by atoms with Crippen LogP contribution in [0, 0.1) is 11.7 Å². The average molecular weight is 465 g/mol. The summed E-state index contributed by atoms with van der Waals surface area (Å²) in [5.41, 5.74) is 3.98. The van der Waals surface area contributed by atoms with Gasteiger partial charge in [0.2, 0.25) is 5.91 Å². The van der Waals surface area contributed by atoms with Crippen LogP contribution in [0.5, 0.6) is 0 Å². The highest BCUT2D eigenvalue weighted by atomic mass is 19.1. The summed E-state index contributed by atoms with van der Waals surface area (Å²) in [7, 11) is 0. The van der Waals surface area contributed by atoms with Crippen molar-refractivity contribution in [2.24, 2.45) is 5.92 Å². The van der Waals surface area contributed by atoms with Crippen molar-refractivity contribution in [2.75, 3.05) is 26.2 Å². The van der Waals surface area contributed by atoms with Crippen molar-refractivity contribution in [1.82, 2.24) is 19.4 Å². The lowest BCUT2D eigenvalue weighted by atomic mass is 9.98. The molecule has 5 rings (SSSR count). The van der Waals surface area contributed by atoms with E-state index in [0.29, 0.717) is 45.6 Å². The summed E-state index contributed by atoms with van der Waals surface area (Å²) < 4.78 is 15.9. The molecular weight excluding hydrogens is 435 g/mol. The SMILES string of the molecule is O=C(O)C1CCCN(CCC(=O)N2CCc3c(n(Cc4cccc(F)c4)c4ncccc34)C2)C1. The number of carbonyl (C=O) groups is 2. The summed E-state index contributed by atoms with van der Waals surface area (Å²) in [4.78, 5) is 33.0. The summed E-state index contributed by atoms with van der Waals surface area (Å²) in [6.45, 7) is 3.58. The van der Waals surface area contributed by atoms with Gasteiger partial charge in [0.05, 0.1) is 12.5 Å². The first-order valence-corrected chi connectivity index (χ1v) is 11.9. The number of piperidine rings is 1. The van der Waals surface area contributed by atoms with Crippen LogP contribution in [0.1, 0.15) is 36.1 Å². The molecule has 8 heteroatoms. The number of benzene rings is 1. The number of carbonyl (C=O) groups excluding carboxylic acids is 1. The Labute approximate surface area is 197 Å². The van der Waals surface area contributed by atoms with Crippen molar-refractivity contribution in [1.29, 1.82) is 0 Å². The second-order valence-electron chi connectivity index (χ2n) is 9.31. The van der Waals surface area contributed by atoms with Gasteiger partial charge in [-0.15, -0.1) is 0 Å². The minimum absolute atomic E-state index is 0.0821. The quantitative estimate of drug-likeness (QED) is 0.606. The van der Waals surface area contributed by atoms with Crippen LogP contribution in [0.4, 0.5) is 4.39 Å². The molecule has 1 unspecified atom stereocenters. The summed E-state index contributed by atoms with van der Waals surface area (Å²) in [5.74, 6) is -1.28. The Hall–Kier alpha value is -3.26. The zero-order chi connectivity index (χ0) is 23.7. The molecule has 1 saturated heterocycles. The molecule has 0 saturated carbocycles. The molecule has 1 aromatic carbocycles. The average Bonchev–Trinajstić information content (AvgIpc) is 3.15. The minimum atomic E-state index is -0.751. The van der Waals surface area contributed by atoms with Gasteiger partial charge in [0, 0.05) is 49.9 Å². The topological polar surface area (TPSA) is 78.7 Å². The van der Waals surface area contributed by atoms with Gasteiger partial charge in [-0.2, -0.15) is 0 Å². The number of hydrogen-bond donors (Lipinski definition) is 1. The molecule has 0 spiro atoms. The van der Waals surface area contributed by atoms with Crippen LogP contribution in [-0.2, 0) is 29.1 Å². The molecule has 178 valence electrons. The molecule has 2 aliphatic heterocycles. The van der Waals surface area contributed by atoms with Crippen LogP contribution in [-0.4, -0.2) is 62.5 Å². The fourth-order valence-electron chi connectivity index (χ4n) is 5.33. The number of pyridine rings is 1. The predicted octanol–water partition coefficient (Wildman–Crippen LogP) is 3.30. The lowest BCUT2D eigenvalue weighted by Crippen LogP contribution is -2.42. The standard InChI is InChI=1S/C26H29FN4O3/c27-20-6-1-4-18(14-20)15-31-23-17-30(13-8-21(23)22-7-2-10-28-25(22)31)24(32)9-12-29-11-3-5-19(16-29)26(33)34/h1-2,4,6-7,10,14,19H,3,5,8-9,11-13,15-17H2,(H,33,34). The van der Waals surface area contributed by atoms with E-state index in [-0.39, 0.29) is 17.6 Å². The number of halogens is 1. The number of hydrogen-bond acceptors (Lipinski definition) is 4. The van der Waals surface area contributed by atoms with Crippen LogP contribution in [0.25, 0.3) is 11.0 Å². The maximum absolute atomic E-state index is 13.8. The van der Waals surface area contributed by atoms with Crippen LogP contribution in [0.15, 0.2) is 42.6 Å². The van der Waals surface area contributed by atoms with E-state index in [4.69, 9.17) is 0 Å². The Balaban J connectivity index is 1.33. The molecule has 0 aliphatic carbocycles. The minimum Gasteiger partial charge on any atom is -0.481 e. The summed E-state index contributed by atoms with van der Waals surface area (Å²) in [6, 6.07) is 10.6. The highest BCUT2D eigenvalue weighted by molar-refractivity contribution is 5.84. The zero-order valence-electron chi connectivity index (χ0n) is 19.1. The lowest BCUT2D eigenvalue weighted by molar-refractivity contribution is -0.143. The number of aromatic nitrogens is 2. The summed E-state index contributed by atoms with van der Waals surface area (Å²) >= 11 is 0. The Bertz CT molecular complexity index is 1220. The third-order valence-electron chi connectivity index (χ3n) is 7.09. The molecular formula is C26H29FN4O3. The van der Waals surface area contributed by atoms with Gasteiger partial charge < -0.3 is 19.5 Å². The maximum atomic E-state index is 13.8. The molecule has 3 aromatic rings. The van der Waals surface area contributed by atoms with Gasteiger partial charge in [-0.3, -0.25) is 9.59 Å². The number of aliphatic carboxylic acids is 1. The van der Waals surface area contributed by atoms with E-state index >= 15 is 0 Å². The largest absolute Gasteiger partial charge is 0.481 e. The number of fused-ring (bicyclic) bond motifs is 3. The van der Waals surface area contributed by atoms with Crippen LogP contribution in [0.3, 0.4) is 0 Å². The first kappa shape index (κ1) is 22.5. The number of likely N-dealkylation sites (tertiary alicyclic amines) is 1. The maximum Gasteiger partial charge on any atom is 0.307 e. The number of nitrogens with zero attached hydrogens (tertiary/aromatic N) is 4. The third kappa shape index (κ3) is 4.55. The normalized spacial score (nSPS) is 18.7. The zero-order valence-corrected chi connectivity index (χ0v) is 19.1. The first-order chi connectivity index (χ1) is 16.5. The Morgan fingerprint density at radius 3 is 2.88 bits per heavy atom. The number of carboxylic acids is 1. The van der Waals surface area contributed by atoms with E-state index in [1.165, 1.54) is 17.7 Å². The fraction of sp³-hybridized carbons (Fsp3) is 0.423. The van der Waals surface area contributed by atoms with Crippen LogP contribution >= 0.6 is 0 Å². The molecule has 0 radical (unpaired) electrons. The molecule has 1 amide bonds. The smallest absolute Gasteiger partial charge is 0.307 e. The molecule has 1 atom stereocenters. The van der Waals surface area contributed by atoms with Crippen LogP contribution in [0.2, 0.25) is 0 Å². The van der Waals surface area contributed by atoms with E-state index in [1.54, 1.807) is 12.3 Å². The van der Waals surface area contributed by atoms with Crippen LogP contribution < -0.4 is 0 Å². The van der Waals surface area contributed by atoms with Gasteiger partial charge >= 0.3 is 5.97 Å². The Morgan fingerprint density at radius 2 is 2.06 bits per heavy atom. The highest BCUT2D eigenvalue weighted by Gasteiger charge is 2.29. The van der Waals surface area contributed by atoms with E-state index in [9.17, 15) is 19.1 Å². The van der Waals surface area contributed by atoms with Crippen molar-refractivity contribution >= 4 is 22.9 Å². The molecule has 4 heterocycles. The predicted molar refractivity (Wildman–Crippen MR) is 126 cm³/mol. The van der Waals surface area contributed by atoms with Gasteiger partial charge in [0.1, 0.15) is 11.5 Å². The Kier molecular flexibility index (Phi) is 6.32. The summed E-state index contributed by atoms with van der Waals surface area (Å²) in [6.07, 6.45) is 4.46. The van der Waals surface area contributed by atoms with Gasteiger partial charge in [-0.1, -0.05) is 12.1 Å². The van der Waals surface area contributed by atoms with Crippen molar-refractivity contribution in [3.63, 3.8) is 0 Å². The number of rotatable bonds is 6. The van der Waals surface area contributed by atoms with E-state index in [2.05, 4.69) is 20.5 Å². The first-order valence-electron chi connectivity index (χ1n) is 11.9. The monoisotopic (exact) mass is 464 g/mol. The molecule has 1 N–H and O–H groups in total. The van der Waals surface area contributed by atoms with Crippen molar-refractivity contribution in [3.05, 3.63) is 65.2 Å². The molecule has 2 aliphatic rings. The van der Waals surface area contributed by atoms with Gasteiger partial charge in [-0.25, -0.2) is 9.37 Å². The molecule has 34 heavy (non-hydrogen) atoms. The van der Waals surface area contributed by atoms with Crippen molar-refractivity contribution in [2.45, 2.75) is 38.8 Å². The van der Waals surface area contributed by atoms with Crippen molar-refractivity contribution < 1.29 is 19.1 Å². The number of carboxylic acid groups (broad SMARTS) is 1. The second-order valence-corrected chi connectivity index (χ2v) is 9.31.